The van der Waals surface area contributed by atoms with Crippen molar-refractivity contribution in [3.8, 4) is 0 Å². The Hall–Kier alpha value is 0.200. The topological polar surface area (TPSA) is 9.23 Å². The van der Waals surface area contributed by atoms with Crippen LogP contribution in [0, 0.1) is 0 Å². The molecule has 1 nitrogen and oxygen atoms in total. The van der Waals surface area contributed by atoms with Crippen LogP contribution in [0.4, 0.5) is 30.7 Å². The molecule has 0 aromatic carbocycles. The van der Waals surface area contributed by atoms with Crippen LogP contribution < -0.4 is 0 Å². The smallest absolute Gasteiger partial charge is 0.381 e. The third kappa shape index (κ3) is 13.3. The van der Waals surface area contributed by atoms with Crippen LogP contribution in [0.25, 0.3) is 0 Å². The minimum absolute atomic E-state index is 0.178. The van der Waals surface area contributed by atoms with Gasteiger partial charge in [-0.05, 0) is 25.7 Å². The average Bonchev–Trinajstić information content (AvgIpc) is 2.62. The van der Waals surface area contributed by atoms with Gasteiger partial charge in [0.1, 0.15) is 0 Å². The van der Waals surface area contributed by atoms with Crippen molar-refractivity contribution in [2.75, 3.05) is 17.6 Å². The van der Waals surface area contributed by atoms with Crippen LogP contribution >= 0.6 is 22.6 Å². The van der Waals surface area contributed by atoms with Gasteiger partial charge in [-0.3, -0.25) is 0 Å². The highest BCUT2D eigenvalue weighted by Gasteiger charge is 2.71. The molecule has 0 fully saturated rings. The third-order valence-corrected chi connectivity index (χ3v) is 5.64. The molecule has 0 aliphatic heterocycles. The number of ether oxygens (including phenoxy) is 1. The van der Waals surface area contributed by atoms with E-state index in [0.717, 1.165) is 69.0 Å². The Labute approximate surface area is 183 Å². The molecule has 0 aliphatic rings. The van der Waals surface area contributed by atoms with Crippen LogP contribution in [-0.4, -0.2) is 35.7 Å². The second-order valence-electron chi connectivity index (χ2n) is 7.44. The van der Waals surface area contributed by atoms with Crippen molar-refractivity contribution in [2.45, 2.75) is 108 Å². The predicted octanol–water partition coefficient (Wildman–Crippen LogP) is 8.73. The fourth-order valence-electron chi connectivity index (χ4n) is 3.04. The van der Waals surface area contributed by atoms with Crippen molar-refractivity contribution < 1.29 is 35.5 Å². The first-order chi connectivity index (χ1) is 13.6. The number of hydrogen-bond donors (Lipinski definition) is 0. The molecular weight excluding hydrogens is 516 g/mol. The van der Waals surface area contributed by atoms with Gasteiger partial charge in [0.25, 0.3) is 5.67 Å². The van der Waals surface area contributed by atoms with Gasteiger partial charge in [-0.1, -0.05) is 86.8 Å². The minimum atomic E-state index is -5.92. The highest BCUT2D eigenvalue weighted by atomic mass is 127. The Morgan fingerprint density at radius 1 is 0.483 bits per heavy atom. The fourth-order valence-corrected chi connectivity index (χ4v) is 3.35. The molecule has 0 aromatic rings. The fraction of sp³-hybridized carbons (Fsp3) is 1.00. The summed E-state index contributed by atoms with van der Waals surface area (Å²) in [4.78, 5) is 0. The Morgan fingerprint density at radius 2 is 0.828 bits per heavy atom. The molecule has 0 unspecified atom stereocenters. The van der Waals surface area contributed by atoms with E-state index in [2.05, 4.69) is 22.6 Å². The van der Waals surface area contributed by atoms with Crippen molar-refractivity contribution >= 4 is 22.6 Å². The summed E-state index contributed by atoms with van der Waals surface area (Å²) in [5.41, 5.74) is -5.10. The molecule has 0 bridgehead atoms. The molecule has 0 amide bonds. The molecule has 0 rings (SSSR count). The molecule has 0 atom stereocenters. The first-order valence-corrected chi connectivity index (χ1v) is 12.0. The number of halogens is 8. The number of rotatable bonds is 18. The van der Waals surface area contributed by atoms with Crippen molar-refractivity contribution in [1.29, 1.82) is 0 Å². The summed E-state index contributed by atoms with van der Waals surface area (Å²) in [6, 6.07) is 0. The van der Waals surface area contributed by atoms with Crippen LogP contribution in [0.2, 0.25) is 0 Å². The van der Waals surface area contributed by atoms with Crippen LogP contribution in [-0.2, 0) is 4.74 Å². The Morgan fingerprint density at radius 3 is 1.21 bits per heavy atom. The Bertz CT molecular complexity index is 372. The lowest BCUT2D eigenvalue weighted by Gasteiger charge is -2.29. The van der Waals surface area contributed by atoms with Crippen LogP contribution in [0.3, 0.4) is 0 Å². The lowest BCUT2D eigenvalue weighted by atomic mass is 9.96. The molecule has 0 aliphatic carbocycles. The molecule has 0 N–H and O–H groups in total. The second kappa shape index (κ2) is 15.9. The van der Waals surface area contributed by atoms with E-state index in [1.165, 1.54) is 12.8 Å². The zero-order chi connectivity index (χ0) is 22.2. The molecule has 0 heterocycles. The van der Waals surface area contributed by atoms with Crippen molar-refractivity contribution in [3.63, 3.8) is 0 Å². The monoisotopic (exact) mass is 550 g/mol. The van der Waals surface area contributed by atoms with E-state index in [1.54, 1.807) is 0 Å². The van der Waals surface area contributed by atoms with Gasteiger partial charge in [0.05, 0.1) is 0 Å². The summed E-state index contributed by atoms with van der Waals surface area (Å²) in [7, 11) is 0. The lowest BCUT2D eigenvalue weighted by molar-refractivity contribution is -0.343. The quantitative estimate of drug-likeness (QED) is 0.0718. The summed E-state index contributed by atoms with van der Waals surface area (Å²) in [5.74, 6) is 0. The SMILES string of the molecule is FC(F)(F)C(F)(CCCCCCCCCCCCCCOCCCI)C(F)(F)F. The zero-order valence-corrected chi connectivity index (χ0v) is 19.1. The van der Waals surface area contributed by atoms with Crippen molar-refractivity contribution in [3.05, 3.63) is 0 Å². The minimum Gasteiger partial charge on any atom is -0.381 e. The average molecular weight is 550 g/mol. The van der Waals surface area contributed by atoms with Gasteiger partial charge in [0.15, 0.2) is 0 Å². The first-order valence-electron chi connectivity index (χ1n) is 10.5. The van der Waals surface area contributed by atoms with Crippen LogP contribution in [0.15, 0.2) is 0 Å². The van der Waals surface area contributed by atoms with E-state index in [0.29, 0.717) is 6.42 Å². The van der Waals surface area contributed by atoms with Gasteiger partial charge in [-0.2, -0.15) is 26.3 Å². The van der Waals surface area contributed by atoms with Crippen LogP contribution in [0.5, 0.6) is 0 Å². The molecule has 176 valence electrons. The summed E-state index contributed by atoms with van der Waals surface area (Å²) < 4.78 is 94.5. The summed E-state index contributed by atoms with van der Waals surface area (Å²) in [6.07, 6.45) is -2.52. The third-order valence-electron chi connectivity index (χ3n) is 4.88. The van der Waals surface area contributed by atoms with E-state index in [1.807, 2.05) is 0 Å². The van der Waals surface area contributed by atoms with Crippen LogP contribution in [0.1, 0.15) is 89.9 Å². The summed E-state index contributed by atoms with van der Waals surface area (Å²) in [5, 5.41) is 0. The maximum atomic E-state index is 13.4. The standard InChI is InChI=1S/C20H34F7IO/c21-18(19(22,23)24,20(25,26)27)14-11-9-7-5-3-1-2-4-6-8-10-12-16-29-17-13-15-28/h1-17H2. The number of alkyl halides is 8. The maximum absolute atomic E-state index is 13.4. The van der Waals surface area contributed by atoms with Gasteiger partial charge in [0.2, 0.25) is 0 Å². The van der Waals surface area contributed by atoms with E-state index >= 15 is 0 Å². The van der Waals surface area contributed by atoms with Gasteiger partial charge >= 0.3 is 12.4 Å². The van der Waals surface area contributed by atoms with E-state index in [9.17, 15) is 30.7 Å². The predicted molar refractivity (Wildman–Crippen MR) is 110 cm³/mol. The highest BCUT2D eigenvalue weighted by Crippen LogP contribution is 2.49. The van der Waals surface area contributed by atoms with Gasteiger partial charge in [-0.15, -0.1) is 0 Å². The van der Waals surface area contributed by atoms with Crippen molar-refractivity contribution in [1.82, 2.24) is 0 Å². The molecule has 9 heteroatoms. The normalized spacial score (nSPS) is 13.2. The van der Waals surface area contributed by atoms with E-state index in [4.69, 9.17) is 4.74 Å². The summed E-state index contributed by atoms with van der Waals surface area (Å²) >= 11 is 2.33. The molecule has 0 aromatic heterocycles. The molecule has 29 heavy (non-hydrogen) atoms. The largest absolute Gasteiger partial charge is 0.431 e. The van der Waals surface area contributed by atoms with Crippen molar-refractivity contribution in [2.24, 2.45) is 0 Å². The molecule has 0 spiro atoms. The highest BCUT2D eigenvalue weighted by molar-refractivity contribution is 14.1. The molecule has 0 saturated carbocycles. The summed E-state index contributed by atoms with van der Waals surface area (Å²) in [6.45, 7) is 1.66. The Kier molecular flexibility index (Phi) is 16.0. The molecular formula is C20H34F7IO. The van der Waals surface area contributed by atoms with Gasteiger partial charge < -0.3 is 4.74 Å². The molecule has 0 saturated heterocycles. The second-order valence-corrected chi connectivity index (χ2v) is 8.52. The zero-order valence-electron chi connectivity index (χ0n) is 17.0. The lowest BCUT2D eigenvalue weighted by Crippen LogP contribution is -2.53. The number of hydrogen-bond acceptors (Lipinski definition) is 1. The van der Waals surface area contributed by atoms with E-state index < -0.39 is 30.9 Å². The van der Waals surface area contributed by atoms with Gasteiger partial charge in [0, 0.05) is 17.6 Å². The first kappa shape index (κ1) is 29.2. The Balaban J connectivity index is 3.52. The maximum Gasteiger partial charge on any atom is 0.431 e. The number of unbranched alkanes of at least 4 members (excludes halogenated alkanes) is 11. The molecule has 0 radical (unpaired) electrons. The van der Waals surface area contributed by atoms with Gasteiger partial charge in [-0.25, -0.2) is 4.39 Å². The van der Waals surface area contributed by atoms with E-state index in [-0.39, 0.29) is 6.42 Å².